The molecule has 0 saturated heterocycles. The average molecular weight is 442 g/mol. The van der Waals surface area contributed by atoms with E-state index in [1.54, 1.807) is 33.9 Å². The number of methoxy groups -OCH3 is 1. The van der Waals surface area contributed by atoms with Crippen LogP contribution >= 0.6 is 0 Å². The quantitative estimate of drug-likeness (QED) is 0.553. The molecular weight excluding hydrogens is 410 g/mol. The van der Waals surface area contributed by atoms with Gasteiger partial charge in [0.05, 0.1) is 13.5 Å². The first kappa shape index (κ1) is 24.7. The van der Waals surface area contributed by atoms with Crippen LogP contribution < -0.4 is 20.7 Å². The Labute approximate surface area is 188 Å². The van der Waals surface area contributed by atoms with Crippen LogP contribution in [0.3, 0.4) is 0 Å². The second kappa shape index (κ2) is 11.7. The standard InChI is InChI=1S/C24H31N3O5/c1-24(2,3)32-23(30)25-14-13-21(28)26-16-18-10-5-7-11-19(18)27-22(29)15-17-9-6-8-12-20(17)31-4/h5-12H,13-16H2,1-4H3,(H,25,30)(H,26,28)(H,27,29). The summed E-state index contributed by atoms with van der Waals surface area (Å²) in [6.45, 7) is 5.72. The molecule has 0 aliphatic rings. The van der Waals surface area contributed by atoms with Crippen LogP contribution in [0.4, 0.5) is 10.5 Å². The molecule has 0 saturated carbocycles. The molecule has 8 heteroatoms. The summed E-state index contributed by atoms with van der Waals surface area (Å²) in [5.41, 5.74) is 1.59. The molecule has 172 valence electrons. The molecule has 32 heavy (non-hydrogen) atoms. The fourth-order valence-corrected chi connectivity index (χ4v) is 2.89. The van der Waals surface area contributed by atoms with Gasteiger partial charge in [0.15, 0.2) is 0 Å². The minimum absolute atomic E-state index is 0.113. The van der Waals surface area contributed by atoms with Crippen molar-refractivity contribution in [2.75, 3.05) is 19.0 Å². The van der Waals surface area contributed by atoms with Gasteiger partial charge in [0.1, 0.15) is 11.4 Å². The van der Waals surface area contributed by atoms with Crippen molar-refractivity contribution in [2.24, 2.45) is 0 Å². The number of hydrogen-bond acceptors (Lipinski definition) is 5. The Hall–Kier alpha value is -3.55. The van der Waals surface area contributed by atoms with Gasteiger partial charge >= 0.3 is 6.09 Å². The number of alkyl carbamates (subject to hydrolysis) is 1. The lowest BCUT2D eigenvalue weighted by Gasteiger charge is -2.19. The van der Waals surface area contributed by atoms with E-state index in [9.17, 15) is 14.4 Å². The maximum Gasteiger partial charge on any atom is 0.407 e. The van der Waals surface area contributed by atoms with Crippen molar-refractivity contribution >= 4 is 23.6 Å². The number of ether oxygens (including phenoxy) is 2. The van der Waals surface area contributed by atoms with E-state index in [0.29, 0.717) is 11.4 Å². The minimum atomic E-state index is -0.591. The van der Waals surface area contributed by atoms with Gasteiger partial charge in [-0.1, -0.05) is 36.4 Å². The number of carbonyl (C=O) groups excluding carboxylic acids is 3. The average Bonchev–Trinajstić information content (AvgIpc) is 2.72. The van der Waals surface area contributed by atoms with Crippen molar-refractivity contribution in [3.8, 4) is 5.75 Å². The molecule has 3 N–H and O–H groups in total. The molecule has 0 aromatic heterocycles. The number of hydrogen-bond donors (Lipinski definition) is 3. The topological polar surface area (TPSA) is 106 Å². The van der Waals surface area contributed by atoms with Crippen molar-refractivity contribution in [1.82, 2.24) is 10.6 Å². The predicted molar refractivity (Wildman–Crippen MR) is 122 cm³/mol. The molecule has 0 bridgehead atoms. The van der Waals surface area contributed by atoms with Crippen LogP contribution in [0, 0.1) is 0 Å². The Morgan fingerprint density at radius 2 is 1.53 bits per heavy atom. The summed E-state index contributed by atoms with van der Waals surface area (Å²) in [5, 5.41) is 8.24. The molecule has 0 radical (unpaired) electrons. The highest BCUT2D eigenvalue weighted by Gasteiger charge is 2.16. The second-order valence-electron chi connectivity index (χ2n) is 8.15. The number of amides is 3. The smallest absolute Gasteiger partial charge is 0.407 e. The van der Waals surface area contributed by atoms with Gasteiger partial charge in [0.2, 0.25) is 11.8 Å². The molecule has 0 aliphatic heterocycles. The molecule has 0 fully saturated rings. The summed E-state index contributed by atoms with van der Waals surface area (Å²) < 4.78 is 10.4. The third-order valence-corrected chi connectivity index (χ3v) is 4.33. The van der Waals surface area contributed by atoms with E-state index in [-0.39, 0.29) is 37.7 Å². The third kappa shape index (κ3) is 8.67. The van der Waals surface area contributed by atoms with Crippen LogP contribution in [0.2, 0.25) is 0 Å². The summed E-state index contributed by atoms with van der Waals surface area (Å²) in [5.74, 6) is 0.245. The zero-order valence-electron chi connectivity index (χ0n) is 19.0. The van der Waals surface area contributed by atoms with Gasteiger partial charge < -0.3 is 25.4 Å². The zero-order valence-corrected chi connectivity index (χ0v) is 19.0. The highest BCUT2D eigenvalue weighted by molar-refractivity contribution is 5.93. The largest absolute Gasteiger partial charge is 0.496 e. The number of carbonyl (C=O) groups is 3. The first-order chi connectivity index (χ1) is 15.2. The normalized spacial score (nSPS) is 10.8. The molecule has 0 atom stereocenters. The zero-order chi connectivity index (χ0) is 23.6. The van der Waals surface area contributed by atoms with E-state index in [4.69, 9.17) is 9.47 Å². The van der Waals surface area contributed by atoms with E-state index in [1.165, 1.54) is 0 Å². The molecule has 2 aromatic carbocycles. The first-order valence-corrected chi connectivity index (χ1v) is 10.4. The van der Waals surface area contributed by atoms with Crippen LogP contribution in [0.15, 0.2) is 48.5 Å². The van der Waals surface area contributed by atoms with Crippen molar-refractivity contribution in [3.63, 3.8) is 0 Å². The Morgan fingerprint density at radius 3 is 2.22 bits per heavy atom. The minimum Gasteiger partial charge on any atom is -0.496 e. The Balaban J connectivity index is 1.84. The van der Waals surface area contributed by atoms with Gasteiger partial charge in [-0.2, -0.15) is 0 Å². The van der Waals surface area contributed by atoms with Gasteiger partial charge in [-0.3, -0.25) is 9.59 Å². The van der Waals surface area contributed by atoms with E-state index >= 15 is 0 Å². The predicted octanol–water partition coefficient (Wildman–Crippen LogP) is 3.41. The first-order valence-electron chi connectivity index (χ1n) is 10.4. The van der Waals surface area contributed by atoms with Crippen molar-refractivity contribution in [3.05, 3.63) is 59.7 Å². The second-order valence-corrected chi connectivity index (χ2v) is 8.15. The van der Waals surface area contributed by atoms with Crippen LogP contribution in [0.5, 0.6) is 5.75 Å². The number of rotatable bonds is 9. The summed E-state index contributed by atoms with van der Waals surface area (Å²) in [7, 11) is 1.57. The Morgan fingerprint density at radius 1 is 0.875 bits per heavy atom. The van der Waals surface area contributed by atoms with Gasteiger partial charge in [-0.15, -0.1) is 0 Å². The Kier molecular flexibility index (Phi) is 9.07. The summed E-state index contributed by atoms with van der Waals surface area (Å²) in [4.78, 5) is 36.3. The monoisotopic (exact) mass is 441 g/mol. The lowest BCUT2D eigenvalue weighted by molar-refractivity contribution is -0.121. The van der Waals surface area contributed by atoms with Crippen LogP contribution in [-0.2, 0) is 27.3 Å². The van der Waals surface area contributed by atoms with Crippen molar-refractivity contribution in [1.29, 1.82) is 0 Å². The maximum atomic E-state index is 12.5. The van der Waals surface area contributed by atoms with Crippen LogP contribution in [-0.4, -0.2) is 37.2 Å². The molecule has 2 rings (SSSR count). The third-order valence-electron chi connectivity index (χ3n) is 4.33. The van der Waals surface area contributed by atoms with E-state index in [1.807, 2.05) is 42.5 Å². The summed E-state index contributed by atoms with van der Waals surface area (Å²) in [6.07, 6.45) is -0.281. The van der Waals surface area contributed by atoms with E-state index in [2.05, 4.69) is 16.0 Å². The summed E-state index contributed by atoms with van der Waals surface area (Å²) in [6, 6.07) is 14.6. The van der Waals surface area contributed by atoms with Crippen molar-refractivity contribution in [2.45, 2.75) is 45.8 Å². The molecule has 0 spiro atoms. The molecule has 0 unspecified atom stereocenters. The van der Waals surface area contributed by atoms with Crippen molar-refractivity contribution < 1.29 is 23.9 Å². The van der Waals surface area contributed by atoms with E-state index in [0.717, 1.165) is 11.1 Å². The highest BCUT2D eigenvalue weighted by atomic mass is 16.6. The van der Waals surface area contributed by atoms with Gasteiger partial charge in [-0.25, -0.2) is 4.79 Å². The van der Waals surface area contributed by atoms with Crippen LogP contribution in [0.1, 0.15) is 38.3 Å². The molecular formula is C24H31N3O5. The number of benzene rings is 2. The summed E-state index contributed by atoms with van der Waals surface area (Å²) >= 11 is 0. The molecule has 2 aromatic rings. The molecule has 8 nitrogen and oxygen atoms in total. The van der Waals surface area contributed by atoms with E-state index < -0.39 is 11.7 Å². The fraction of sp³-hybridized carbons (Fsp3) is 0.375. The number of anilines is 1. The number of para-hydroxylation sites is 2. The fourth-order valence-electron chi connectivity index (χ4n) is 2.89. The SMILES string of the molecule is COc1ccccc1CC(=O)Nc1ccccc1CNC(=O)CCNC(=O)OC(C)(C)C. The molecule has 0 heterocycles. The maximum absolute atomic E-state index is 12.5. The highest BCUT2D eigenvalue weighted by Crippen LogP contribution is 2.20. The molecule has 0 aliphatic carbocycles. The number of nitrogens with one attached hydrogen (secondary N) is 3. The van der Waals surface area contributed by atoms with Crippen LogP contribution in [0.25, 0.3) is 0 Å². The lowest BCUT2D eigenvalue weighted by Crippen LogP contribution is -2.35. The van der Waals surface area contributed by atoms with Gasteiger partial charge in [-0.05, 0) is 38.5 Å². The molecule has 3 amide bonds. The van der Waals surface area contributed by atoms with Gasteiger partial charge in [0.25, 0.3) is 0 Å². The Bertz CT molecular complexity index is 937. The van der Waals surface area contributed by atoms with Gasteiger partial charge in [0, 0.05) is 30.8 Å². The lowest BCUT2D eigenvalue weighted by atomic mass is 10.1.